The van der Waals surface area contributed by atoms with Crippen molar-refractivity contribution in [3.05, 3.63) is 57.0 Å². The molecule has 0 saturated carbocycles. The van der Waals surface area contributed by atoms with Crippen LogP contribution in [0.15, 0.2) is 30.3 Å². The summed E-state index contributed by atoms with van der Waals surface area (Å²) in [7, 11) is 0. The van der Waals surface area contributed by atoms with E-state index in [1.165, 1.54) is 21.9 Å². The van der Waals surface area contributed by atoms with Gasteiger partial charge in [-0.25, -0.2) is 9.18 Å². The van der Waals surface area contributed by atoms with Crippen LogP contribution in [0.1, 0.15) is 25.7 Å². The Morgan fingerprint density at radius 3 is 2.68 bits per heavy atom. The lowest BCUT2D eigenvalue weighted by molar-refractivity contribution is 0.0692. The van der Waals surface area contributed by atoms with Crippen LogP contribution in [0, 0.1) is 12.7 Å². The second kappa shape index (κ2) is 5.95. The molecule has 0 amide bonds. The fraction of sp³-hybridized carbons (Fsp3) is 0.214. The molecule has 1 heterocycles. The lowest BCUT2D eigenvalue weighted by Gasteiger charge is -2.05. The Hall–Kier alpha value is -1.72. The standard InChI is InChI=1S/C14H14FNO2S/c1-9-2-4-11(19-9)8-16-7-10-3-5-12(14(17)18)13(15)6-10/h2-6,16H,7-8H2,1H3,(H,17,18). The van der Waals surface area contributed by atoms with E-state index in [0.717, 1.165) is 12.1 Å². The molecular formula is C14H14FNO2S. The van der Waals surface area contributed by atoms with E-state index in [4.69, 9.17) is 5.11 Å². The van der Waals surface area contributed by atoms with Crippen LogP contribution in [-0.2, 0) is 13.1 Å². The molecule has 0 atom stereocenters. The Labute approximate surface area is 114 Å². The molecule has 1 aromatic carbocycles. The predicted octanol–water partition coefficient (Wildman–Crippen LogP) is 3.18. The fourth-order valence-electron chi connectivity index (χ4n) is 1.75. The highest BCUT2D eigenvalue weighted by Crippen LogP contribution is 2.15. The summed E-state index contributed by atoms with van der Waals surface area (Å²) in [6, 6.07) is 8.30. The lowest BCUT2D eigenvalue weighted by Crippen LogP contribution is -2.12. The number of benzene rings is 1. The van der Waals surface area contributed by atoms with Crippen molar-refractivity contribution >= 4 is 17.3 Å². The van der Waals surface area contributed by atoms with Gasteiger partial charge in [-0.05, 0) is 36.8 Å². The van der Waals surface area contributed by atoms with Crippen molar-refractivity contribution in [2.75, 3.05) is 0 Å². The Kier molecular flexibility index (Phi) is 4.29. The number of aromatic carboxylic acids is 1. The van der Waals surface area contributed by atoms with Crippen LogP contribution in [0.25, 0.3) is 0 Å². The van der Waals surface area contributed by atoms with Crippen LogP contribution in [0.3, 0.4) is 0 Å². The number of carboxylic acids is 1. The third-order valence-corrected chi connectivity index (χ3v) is 3.69. The minimum atomic E-state index is -1.24. The highest BCUT2D eigenvalue weighted by molar-refractivity contribution is 7.11. The van der Waals surface area contributed by atoms with E-state index >= 15 is 0 Å². The summed E-state index contributed by atoms with van der Waals surface area (Å²) < 4.78 is 13.4. The Balaban J connectivity index is 1.93. The number of carboxylic acid groups (broad SMARTS) is 1. The summed E-state index contributed by atoms with van der Waals surface area (Å²) in [5.74, 6) is -1.94. The molecule has 0 bridgehead atoms. The number of aryl methyl sites for hydroxylation is 1. The van der Waals surface area contributed by atoms with Gasteiger partial charge in [-0.3, -0.25) is 0 Å². The van der Waals surface area contributed by atoms with E-state index < -0.39 is 11.8 Å². The summed E-state index contributed by atoms with van der Waals surface area (Å²) in [4.78, 5) is 13.2. The molecule has 0 saturated heterocycles. The minimum Gasteiger partial charge on any atom is -0.478 e. The topological polar surface area (TPSA) is 49.3 Å². The minimum absolute atomic E-state index is 0.294. The molecule has 19 heavy (non-hydrogen) atoms. The van der Waals surface area contributed by atoms with E-state index in [1.807, 2.05) is 6.92 Å². The van der Waals surface area contributed by atoms with Gasteiger partial charge < -0.3 is 10.4 Å². The zero-order valence-corrected chi connectivity index (χ0v) is 11.3. The number of nitrogens with one attached hydrogen (secondary N) is 1. The summed E-state index contributed by atoms with van der Waals surface area (Å²) in [6.45, 7) is 3.28. The first-order valence-electron chi connectivity index (χ1n) is 5.84. The molecule has 3 nitrogen and oxygen atoms in total. The van der Waals surface area contributed by atoms with Crippen molar-refractivity contribution in [3.63, 3.8) is 0 Å². The van der Waals surface area contributed by atoms with Crippen molar-refractivity contribution in [2.24, 2.45) is 0 Å². The Bertz CT molecular complexity index is 595. The SMILES string of the molecule is Cc1ccc(CNCc2ccc(C(=O)O)c(F)c2)s1. The molecule has 1 aromatic heterocycles. The number of hydrogen-bond donors (Lipinski definition) is 2. The average molecular weight is 279 g/mol. The second-order valence-corrected chi connectivity index (χ2v) is 5.61. The van der Waals surface area contributed by atoms with Gasteiger partial charge in [0.25, 0.3) is 0 Å². The maximum atomic E-state index is 13.4. The third-order valence-electron chi connectivity index (χ3n) is 2.69. The van der Waals surface area contributed by atoms with Gasteiger partial charge in [0, 0.05) is 22.8 Å². The van der Waals surface area contributed by atoms with Gasteiger partial charge in [0.2, 0.25) is 0 Å². The molecule has 0 unspecified atom stereocenters. The summed E-state index contributed by atoms with van der Waals surface area (Å²) in [5.41, 5.74) is 0.438. The molecular weight excluding hydrogens is 265 g/mol. The van der Waals surface area contributed by atoms with Crippen molar-refractivity contribution in [2.45, 2.75) is 20.0 Å². The van der Waals surface area contributed by atoms with Gasteiger partial charge in [0.15, 0.2) is 0 Å². The fourth-order valence-corrected chi connectivity index (χ4v) is 2.61. The monoisotopic (exact) mass is 279 g/mol. The zero-order chi connectivity index (χ0) is 13.8. The number of thiophene rings is 1. The molecule has 100 valence electrons. The second-order valence-electron chi connectivity index (χ2n) is 4.24. The molecule has 2 rings (SSSR count). The molecule has 0 fully saturated rings. The van der Waals surface area contributed by atoms with E-state index in [0.29, 0.717) is 6.54 Å². The third kappa shape index (κ3) is 3.62. The summed E-state index contributed by atoms with van der Waals surface area (Å²) in [6.07, 6.45) is 0. The van der Waals surface area contributed by atoms with Crippen molar-refractivity contribution in [3.8, 4) is 0 Å². The molecule has 0 aliphatic heterocycles. The predicted molar refractivity (Wildman–Crippen MR) is 73.0 cm³/mol. The molecule has 0 aliphatic carbocycles. The Morgan fingerprint density at radius 2 is 2.11 bits per heavy atom. The molecule has 2 aromatic rings. The van der Waals surface area contributed by atoms with Crippen molar-refractivity contribution in [1.82, 2.24) is 5.32 Å². The van der Waals surface area contributed by atoms with Crippen molar-refractivity contribution < 1.29 is 14.3 Å². The van der Waals surface area contributed by atoms with E-state index in [9.17, 15) is 9.18 Å². The first-order chi connectivity index (χ1) is 9.06. The van der Waals surface area contributed by atoms with Crippen LogP contribution < -0.4 is 5.32 Å². The molecule has 5 heteroatoms. The van der Waals surface area contributed by atoms with E-state index in [-0.39, 0.29) is 5.56 Å². The van der Waals surface area contributed by atoms with Gasteiger partial charge in [0.1, 0.15) is 5.82 Å². The van der Waals surface area contributed by atoms with Gasteiger partial charge in [0.05, 0.1) is 5.56 Å². The van der Waals surface area contributed by atoms with E-state index in [1.54, 1.807) is 17.4 Å². The summed E-state index contributed by atoms with van der Waals surface area (Å²) in [5, 5.41) is 11.9. The van der Waals surface area contributed by atoms with Gasteiger partial charge in [-0.2, -0.15) is 0 Å². The molecule has 2 N–H and O–H groups in total. The molecule has 0 spiro atoms. The molecule has 0 radical (unpaired) electrons. The first-order valence-corrected chi connectivity index (χ1v) is 6.65. The van der Waals surface area contributed by atoms with Crippen LogP contribution in [-0.4, -0.2) is 11.1 Å². The number of rotatable bonds is 5. The van der Waals surface area contributed by atoms with Crippen LogP contribution in [0.4, 0.5) is 4.39 Å². The van der Waals surface area contributed by atoms with Gasteiger partial charge in [-0.1, -0.05) is 6.07 Å². The highest BCUT2D eigenvalue weighted by atomic mass is 32.1. The normalized spacial score (nSPS) is 10.6. The maximum absolute atomic E-state index is 13.4. The smallest absolute Gasteiger partial charge is 0.338 e. The van der Waals surface area contributed by atoms with Crippen LogP contribution >= 0.6 is 11.3 Å². The van der Waals surface area contributed by atoms with Crippen LogP contribution in [0.2, 0.25) is 0 Å². The Morgan fingerprint density at radius 1 is 1.32 bits per heavy atom. The van der Waals surface area contributed by atoms with Gasteiger partial charge >= 0.3 is 5.97 Å². The lowest BCUT2D eigenvalue weighted by atomic mass is 10.1. The average Bonchev–Trinajstić information content (AvgIpc) is 2.75. The first kappa shape index (κ1) is 13.7. The summed E-state index contributed by atoms with van der Waals surface area (Å²) >= 11 is 1.72. The number of carbonyl (C=O) groups is 1. The number of hydrogen-bond acceptors (Lipinski definition) is 3. The molecule has 0 aliphatic rings. The van der Waals surface area contributed by atoms with Crippen LogP contribution in [0.5, 0.6) is 0 Å². The zero-order valence-electron chi connectivity index (χ0n) is 10.4. The number of halogens is 1. The largest absolute Gasteiger partial charge is 0.478 e. The van der Waals surface area contributed by atoms with Crippen molar-refractivity contribution in [1.29, 1.82) is 0 Å². The maximum Gasteiger partial charge on any atom is 0.338 e. The van der Waals surface area contributed by atoms with E-state index in [2.05, 4.69) is 17.4 Å². The highest BCUT2D eigenvalue weighted by Gasteiger charge is 2.10. The van der Waals surface area contributed by atoms with Gasteiger partial charge in [-0.15, -0.1) is 11.3 Å². The quantitative estimate of drug-likeness (QED) is 0.883.